The van der Waals surface area contributed by atoms with Crippen LogP contribution >= 0.6 is 27.5 Å². The van der Waals surface area contributed by atoms with Gasteiger partial charge in [0.1, 0.15) is 12.6 Å². The molecule has 2 rings (SSSR count). The Morgan fingerprint density at radius 2 is 1.79 bits per heavy atom. The van der Waals surface area contributed by atoms with Gasteiger partial charge in [-0.15, -0.1) is 0 Å². The largest absolute Gasteiger partial charge is 0.352 e. The molecule has 0 spiro atoms. The van der Waals surface area contributed by atoms with Crippen molar-refractivity contribution < 1.29 is 18.0 Å². The molecule has 0 saturated carbocycles. The highest BCUT2D eigenvalue weighted by Crippen LogP contribution is 2.25. The molecule has 0 aliphatic carbocycles. The van der Waals surface area contributed by atoms with E-state index in [0.29, 0.717) is 16.3 Å². The molecule has 0 aliphatic heterocycles. The molecule has 0 saturated heterocycles. The van der Waals surface area contributed by atoms with E-state index in [2.05, 4.69) is 21.2 Å². The standard InChI is InChI=1S/C24H31BrClN3O4S/c1-6-17(3)27-24(31)18(4)28(14-19-9-7-8-10-22(19)26)23(30)15-29(34(5,32)33)20-11-12-21(25)16(2)13-20/h7-13,17-18H,6,14-15H2,1-5H3,(H,27,31). The van der Waals surface area contributed by atoms with Crippen molar-refractivity contribution in [3.8, 4) is 0 Å². The van der Waals surface area contributed by atoms with Crippen LogP contribution in [0.5, 0.6) is 0 Å². The highest BCUT2D eigenvalue weighted by atomic mass is 79.9. The molecule has 0 fully saturated rings. The van der Waals surface area contributed by atoms with Gasteiger partial charge in [0.2, 0.25) is 21.8 Å². The van der Waals surface area contributed by atoms with Gasteiger partial charge in [-0.05, 0) is 62.6 Å². The number of aryl methyl sites for hydroxylation is 1. The summed E-state index contributed by atoms with van der Waals surface area (Å²) in [7, 11) is -3.78. The fourth-order valence-electron chi connectivity index (χ4n) is 3.26. The molecule has 2 aromatic rings. The summed E-state index contributed by atoms with van der Waals surface area (Å²) in [5.41, 5.74) is 1.85. The van der Waals surface area contributed by atoms with Crippen LogP contribution in [0, 0.1) is 6.92 Å². The number of nitrogens with zero attached hydrogens (tertiary/aromatic N) is 2. The van der Waals surface area contributed by atoms with Gasteiger partial charge in [-0.2, -0.15) is 0 Å². The molecule has 10 heteroatoms. The number of carbonyl (C=O) groups is 2. The Bertz CT molecular complexity index is 1140. The predicted molar refractivity (Wildman–Crippen MR) is 140 cm³/mol. The summed E-state index contributed by atoms with van der Waals surface area (Å²) in [5.74, 6) is -0.835. The number of halogens is 2. The van der Waals surface area contributed by atoms with Crippen LogP contribution in [0.4, 0.5) is 5.69 Å². The lowest BCUT2D eigenvalue weighted by Gasteiger charge is -2.32. The first kappa shape index (κ1) is 28.1. The van der Waals surface area contributed by atoms with E-state index in [1.165, 1.54) is 4.90 Å². The van der Waals surface area contributed by atoms with Crippen molar-refractivity contribution in [2.45, 2.75) is 52.7 Å². The van der Waals surface area contributed by atoms with Crippen molar-refractivity contribution >= 4 is 55.1 Å². The molecule has 186 valence electrons. The lowest BCUT2D eigenvalue weighted by Crippen LogP contribution is -2.52. The van der Waals surface area contributed by atoms with Crippen molar-refractivity contribution in [2.24, 2.45) is 0 Å². The van der Waals surface area contributed by atoms with Gasteiger partial charge in [-0.3, -0.25) is 13.9 Å². The number of hydrogen-bond acceptors (Lipinski definition) is 4. The number of hydrogen-bond donors (Lipinski definition) is 1. The molecule has 34 heavy (non-hydrogen) atoms. The van der Waals surface area contributed by atoms with Crippen LogP contribution in [0.15, 0.2) is 46.9 Å². The number of carbonyl (C=O) groups excluding carboxylic acids is 2. The maximum atomic E-state index is 13.5. The number of anilines is 1. The molecule has 0 radical (unpaired) electrons. The monoisotopic (exact) mass is 571 g/mol. The van der Waals surface area contributed by atoms with E-state index in [-0.39, 0.29) is 18.5 Å². The van der Waals surface area contributed by atoms with Crippen LogP contribution in [-0.4, -0.2) is 50.0 Å². The third-order valence-electron chi connectivity index (χ3n) is 5.58. The molecule has 2 amide bonds. The smallest absolute Gasteiger partial charge is 0.244 e. The molecule has 7 nitrogen and oxygen atoms in total. The summed E-state index contributed by atoms with van der Waals surface area (Å²) in [6.07, 6.45) is 1.79. The van der Waals surface area contributed by atoms with Crippen LogP contribution in [0.25, 0.3) is 0 Å². The van der Waals surface area contributed by atoms with Gasteiger partial charge in [-0.25, -0.2) is 8.42 Å². The molecule has 0 aliphatic rings. The molecule has 0 bridgehead atoms. The number of amides is 2. The number of benzene rings is 2. The molecule has 0 heterocycles. The van der Waals surface area contributed by atoms with E-state index in [1.807, 2.05) is 20.8 Å². The second-order valence-electron chi connectivity index (χ2n) is 8.31. The predicted octanol–water partition coefficient (Wildman–Crippen LogP) is 4.51. The maximum absolute atomic E-state index is 13.5. The van der Waals surface area contributed by atoms with Gasteiger partial charge in [0.15, 0.2) is 0 Å². The topological polar surface area (TPSA) is 86.8 Å². The van der Waals surface area contributed by atoms with E-state index in [0.717, 1.165) is 27.0 Å². The lowest BCUT2D eigenvalue weighted by atomic mass is 10.1. The molecule has 0 aromatic heterocycles. The molecular weight excluding hydrogens is 542 g/mol. The number of nitrogens with one attached hydrogen (secondary N) is 1. The summed E-state index contributed by atoms with van der Waals surface area (Å²) < 4.78 is 27.1. The van der Waals surface area contributed by atoms with Crippen molar-refractivity contribution in [1.29, 1.82) is 0 Å². The van der Waals surface area contributed by atoms with Crippen molar-refractivity contribution in [3.63, 3.8) is 0 Å². The highest BCUT2D eigenvalue weighted by molar-refractivity contribution is 9.10. The van der Waals surface area contributed by atoms with Crippen molar-refractivity contribution in [3.05, 3.63) is 63.1 Å². The average molecular weight is 573 g/mol. The zero-order chi connectivity index (χ0) is 25.6. The van der Waals surface area contributed by atoms with Crippen molar-refractivity contribution in [2.75, 3.05) is 17.1 Å². The summed E-state index contributed by atoms with van der Waals surface area (Å²) in [6, 6.07) is 11.2. The van der Waals surface area contributed by atoms with Crippen LogP contribution in [-0.2, 0) is 26.2 Å². The quantitative estimate of drug-likeness (QED) is 0.454. The SMILES string of the molecule is CCC(C)NC(=O)C(C)N(Cc1ccccc1Cl)C(=O)CN(c1ccc(Br)c(C)c1)S(C)(=O)=O. The second kappa shape index (κ2) is 12.0. The summed E-state index contributed by atoms with van der Waals surface area (Å²) >= 11 is 9.73. The first-order chi connectivity index (χ1) is 15.8. The van der Waals surface area contributed by atoms with E-state index >= 15 is 0 Å². The van der Waals surface area contributed by atoms with Gasteiger partial charge in [0.25, 0.3) is 0 Å². The van der Waals surface area contributed by atoms with Gasteiger partial charge < -0.3 is 10.2 Å². The zero-order valence-corrected chi connectivity index (χ0v) is 23.2. The third-order valence-corrected chi connectivity index (χ3v) is 7.97. The first-order valence-corrected chi connectivity index (χ1v) is 13.9. The van der Waals surface area contributed by atoms with Crippen LogP contribution in [0.1, 0.15) is 38.3 Å². The summed E-state index contributed by atoms with van der Waals surface area (Å²) in [5, 5.41) is 3.35. The third kappa shape index (κ3) is 7.45. The Labute approximate surface area is 215 Å². The molecule has 1 N–H and O–H groups in total. The minimum atomic E-state index is -3.78. The van der Waals surface area contributed by atoms with Gasteiger partial charge in [0.05, 0.1) is 11.9 Å². The van der Waals surface area contributed by atoms with Crippen molar-refractivity contribution in [1.82, 2.24) is 10.2 Å². The average Bonchev–Trinajstić information content (AvgIpc) is 2.77. The number of sulfonamides is 1. The maximum Gasteiger partial charge on any atom is 0.244 e. The second-order valence-corrected chi connectivity index (χ2v) is 11.5. The minimum absolute atomic E-state index is 0.0601. The molecular formula is C24H31BrClN3O4S. The van der Waals surface area contributed by atoms with Gasteiger partial charge in [0, 0.05) is 22.1 Å². The Morgan fingerprint density at radius 3 is 2.35 bits per heavy atom. The van der Waals surface area contributed by atoms with E-state index < -0.39 is 28.5 Å². The Kier molecular flexibility index (Phi) is 9.96. The summed E-state index contributed by atoms with van der Waals surface area (Å²) in [6.45, 7) is 6.90. The van der Waals surface area contributed by atoms with Crippen LogP contribution in [0.3, 0.4) is 0 Å². The highest BCUT2D eigenvalue weighted by Gasteiger charge is 2.30. The molecule has 2 unspecified atom stereocenters. The number of rotatable bonds is 10. The van der Waals surface area contributed by atoms with Gasteiger partial charge >= 0.3 is 0 Å². The lowest BCUT2D eigenvalue weighted by molar-refractivity contribution is -0.139. The summed E-state index contributed by atoms with van der Waals surface area (Å²) in [4.78, 5) is 27.8. The zero-order valence-electron chi connectivity index (χ0n) is 20.0. The Balaban J connectivity index is 2.42. The van der Waals surface area contributed by atoms with Crippen LogP contribution < -0.4 is 9.62 Å². The van der Waals surface area contributed by atoms with E-state index in [4.69, 9.17) is 11.6 Å². The Morgan fingerprint density at radius 1 is 1.15 bits per heavy atom. The first-order valence-electron chi connectivity index (χ1n) is 10.9. The van der Waals surface area contributed by atoms with Crippen LogP contribution in [0.2, 0.25) is 5.02 Å². The molecule has 2 aromatic carbocycles. The molecule has 2 atom stereocenters. The minimum Gasteiger partial charge on any atom is -0.352 e. The fraction of sp³-hybridized carbons (Fsp3) is 0.417. The fourth-order valence-corrected chi connectivity index (χ4v) is 4.54. The van der Waals surface area contributed by atoms with E-state index in [1.54, 1.807) is 49.4 Å². The Hall–Kier alpha value is -2.10. The van der Waals surface area contributed by atoms with Gasteiger partial charge in [-0.1, -0.05) is 52.7 Å². The normalized spacial score (nSPS) is 13.1. The van der Waals surface area contributed by atoms with E-state index in [9.17, 15) is 18.0 Å².